The van der Waals surface area contributed by atoms with Crippen LogP contribution in [0.3, 0.4) is 0 Å². The zero-order valence-electron chi connectivity index (χ0n) is 13.2. The lowest BCUT2D eigenvalue weighted by Crippen LogP contribution is -2.07. The van der Waals surface area contributed by atoms with Crippen molar-refractivity contribution in [3.05, 3.63) is 62.4 Å². The van der Waals surface area contributed by atoms with Crippen LogP contribution in [0.25, 0.3) is 0 Å². The Hall–Kier alpha value is -3.43. The van der Waals surface area contributed by atoms with E-state index < -0.39 is 21.4 Å². The van der Waals surface area contributed by atoms with Gasteiger partial charge >= 0.3 is 11.4 Å². The highest BCUT2D eigenvalue weighted by molar-refractivity contribution is 5.50. The summed E-state index contributed by atoms with van der Waals surface area (Å²) >= 11 is 0. The third kappa shape index (κ3) is 5.94. The maximum atomic E-state index is 12.5. The van der Waals surface area contributed by atoms with Gasteiger partial charge in [0.2, 0.25) is 11.6 Å². The van der Waals surface area contributed by atoms with Gasteiger partial charge in [0.05, 0.1) is 16.0 Å². The molecule has 0 aromatic heterocycles. The number of benzene rings is 2. The molecule has 0 saturated heterocycles. The van der Waals surface area contributed by atoms with Crippen LogP contribution < -0.4 is 4.74 Å². The molecule has 0 spiro atoms. The first-order valence-electron chi connectivity index (χ1n) is 6.88. The zero-order valence-corrected chi connectivity index (χ0v) is 13.2. The highest BCUT2D eigenvalue weighted by Crippen LogP contribution is 2.31. The fraction of sp³-hybridized carbons (Fsp3) is 0.200. The Bertz CT molecular complexity index is 780. The number of phenolic OH excluding ortho intramolecular Hbond substituents is 2. The lowest BCUT2D eigenvalue weighted by atomic mass is 10.3. The van der Waals surface area contributed by atoms with Crippen molar-refractivity contribution in [2.75, 3.05) is 0 Å². The van der Waals surface area contributed by atoms with Crippen LogP contribution in [-0.2, 0) is 0 Å². The Labute approximate surface area is 141 Å². The second-order valence-electron chi connectivity index (χ2n) is 4.97. The Balaban J connectivity index is 0.000000257. The van der Waals surface area contributed by atoms with Crippen LogP contribution in [0.1, 0.15) is 13.8 Å². The van der Waals surface area contributed by atoms with Gasteiger partial charge in [-0.3, -0.25) is 20.2 Å². The number of hydrogen-bond donors (Lipinski definition) is 2. The van der Waals surface area contributed by atoms with Gasteiger partial charge in [0.25, 0.3) is 0 Å². The van der Waals surface area contributed by atoms with Crippen LogP contribution in [0.5, 0.6) is 17.2 Å². The van der Waals surface area contributed by atoms with E-state index in [0.717, 1.165) is 12.1 Å². The third-order valence-corrected chi connectivity index (χ3v) is 2.63. The number of hydrogen-bond acceptors (Lipinski definition) is 7. The number of ether oxygens (including phenoxy) is 1. The van der Waals surface area contributed by atoms with Crippen molar-refractivity contribution in [2.24, 2.45) is 0 Å². The van der Waals surface area contributed by atoms with E-state index >= 15 is 0 Å². The maximum Gasteiger partial charge on any atom is 0.311 e. The molecule has 2 rings (SSSR count). The first-order valence-corrected chi connectivity index (χ1v) is 6.88. The average Bonchev–Trinajstić information content (AvgIpc) is 2.46. The highest BCUT2D eigenvalue weighted by Gasteiger charge is 2.16. The van der Waals surface area contributed by atoms with Crippen molar-refractivity contribution in [1.82, 2.24) is 0 Å². The molecule has 25 heavy (non-hydrogen) atoms. The number of phenols is 2. The first kappa shape index (κ1) is 19.6. The molecule has 0 unspecified atom stereocenters. The highest BCUT2D eigenvalue weighted by atomic mass is 19.1. The van der Waals surface area contributed by atoms with E-state index in [1.165, 1.54) is 18.2 Å². The smallest absolute Gasteiger partial charge is 0.311 e. The number of nitro benzene ring substituents is 2. The predicted molar refractivity (Wildman–Crippen MR) is 85.2 cm³/mol. The van der Waals surface area contributed by atoms with Crippen molar-refractivity contribution in [3.63, 3.8) is 0 Å². The zero-order chi connectivity index (χ0) is 19.1. The quantitative estimate of drug-likeness (QED) is 0.633. The number of nitrogens with zero attached hydrogens (tertiary/aromatic N) is 2. The SMILES string of the molecule is CC(C)Oc1cc(O)ccc1[N+](=O)[O-].O=[N+]([O-])c1ccc(O)cc1F. The summed E-state index contributed by atoms with van der Waals surface area (Å²) in [6.45, 7) is 3.52. The van der Waals surface area contributed by atoms with Gasteiger partial charge in [0.15, 0.2) is 0 Å². The molecule has 2 aromatic carbocycles. The Kier molecular flexibility index (Phi) is 6.61. The molecule has 0 fully saturated rings. The number of aromatic hydroxyl groups is 2. The molecule has 0 atom stereocenters. The van der Waals surface area contributed by atoms with Gasteiger partial charge in [-0.05, 0) is 26.0 Å². The lowest BCUT2D eigenvalue weighted by molar-refractivity contribution is -0.387. The van der Waals surface area contributed by atoms with E-state index in [1.54, 1.807) is 13.8 Å². The summed E-state index contributed by atoms with van der Waals surface area (Å²) in [5.74, 6) is -1.32. The Morgan fingerprint density at radius 1 is 0.960 bits per heavy atom. The molecule has 0 radical (unpaired) electrons. The molecule has 0 aliphatic rings. The minimum absolute atomic E-state index is 0.0498. The largest absolute Gasteiger partial charge is 0.508 e. The van der Waals surface area contributed by atoms with E-state index in [4.69, 9.17) is 14.9 Å². The van der Waals surface area contributed by atoms with Gasteiger partial charge in [-0.15, -0.1) is 0 Å². The van der Waals surface area contributed by atoms with Crippen molar-refractivity contribution >= 4 is 11.4 Å². The summed E-state index contributed by atoms with van der Waals surface area (Å²) in [7, 11) is 0. The fourth-order valence-corrected chi connectivity index (χ4v) is 1.65. The van der Waals surface area contributed by atoms with E-state index in [-0.39, 0.29) is 29.0 Å². The van der Waals surface area contributed by atoms with Crippen LogP contribution in [0, 0.1) is 26.0 Å². The van der Waals surface area contributed by atoms with Gasteiger partial charge < -0.3 is 14.9 Å². The third-order valence-electron chi connectivity index (χ3n) is 2.63. The van der Waals surface area contributed by atoms with Crippen LogP contribution in [-0.4, -0.2) is 26.2 Å². The van der Waals surface area contributed by atoms with Crippen LogP contribution in [0.4, 0.5) is 15.8 Å². The summed E-state index contributed by atoms with van der Waals surface area (Å²) in [6.07, 6.45) is -0.171. The van der Waals surface area contributed by atoms with Crippen molar-refractivity contribution < 1.29 is 29.2 Å². The molecule has 134 valence electrons. The normalized spacial score (nSPS) is 9.92. The van der Waals surface area contributed by atoms with Gasteiger partial charge in [-0.1, -0.05) is 0 Å². The minimum Gasteiger partial charge on any atom is -0.508 e. The topological polar surface area (TPSA) is 136 Å². The summed E-state index contributed by atoms with van der Waals surface area (Å²) < 4.78 is 17.7. The molecule has 0 aliphatic carbocycles. The summed E-state index contributed by atoms with van der Waals surface area (Å²) in [5, 5.41) is 38.4. The first-order chi connectivity index (χ1) is 11.6. The molecular formula is C15H15FN2O7. The molecule has 0 heterocycles. The summed E-state index contributed by atoms with van der Waals surface area (Å²) in [4.78, 5) is 19.2. The molecule has 0 saturated carbocycles. The van der Waals surface area contributed by atoms with E-state index in [0.29, 0.717) is 6.07 Å². The van der Waals surface area contributed by atoms with Crippen LogP contribution in [0.2, 0.25) is 0 Å². The van der Waals surface area contributed by atoms with Gasteiger partial charge in [0, 0.05) is 24.3 Å². The van der Waals surface area contributed by atoms with Crippen molar-refractivity contribution in [2.45, 2.75) is 20.0 Å². The van der Waals surface area contributed by atoms with E-state index in [1.807, 2.05) is 0 Å². The van der Waals surface area contributed by atoms with Crippen molar-refractivity contribution in [3.8, 4) is 17.2 Å². The van der Waals surface area contributed by atoms with E-state index in [2.05, 4.69) is 0 Å². The fourth-order valence-electron chi connectivity index (χ4n) is 1.65. The van der Waals surface area contributed by atoms with Crippen LogP contribution >= 0.6 is 0 Å². The van der Waals surface area contributed by atoms with Gasteiger partial charge in [-0.25, -0.2) is 0 Å². The molecule has 2 N–H and O–H groups in total. The Morgan fingerprint density at radius 2 is 1.44 bits per heavy atom. The molecular weight excluding hydrogens is 339 g/mol. The molecule has 10 heteroatoms. The lowest BCUT2D eigenvalue weighted by Gasteiger charge is -2.09. The maximum absolute atomic E-state index is 12.5. The number of nitro groups is 2. The summed E-state index contributed by atoms with van der Waals surface area (Å²) in [5.41, 5.74) is -0.778. The van der Waals surface area contributed by atoms with Crippen molar-refractivity contribution in [1.29, 1.82) is 0 Å². The molecule has 2 aromatic rings. The molecule has 0 aliphatic heterocycles. The average molecular weight is 354 g/mol. The Morgan fingerprint density at radius 3 is 1.88 bits per heavy atom. The molecule has 0 amide bonds. The standard InChI is InChI=1S/C9H11NO4.C6H4FNO3/c1-6(2)14-9-5-7(11)3-4-8(9)10(12)13;7-5-3-4(9)1-2-6(5)8(10)11/h3-6,11H,1-2H3;1-3,9H. The number of halogens is 1. The minimum atomic E-state index is -1.03. The summed E-state index contributed by atoms with van der Waals surface area (Å²) in [6, 6.07) is 6.36. The van der Waals surface area contributed by atoms with Crippen LogP contribution in [0.15, 0.2) is 36.4 Å². The predicted octanol–water partition coefficient (Wildman–Crippen LogP) is 3.53. The number of rotatable bonds is 4. The van der Waals surface area contributed by atoms with E-state index in [9.17, 15) is 24.6 Å². The molecule has 0 bridgehead atoms. The monoisotopic (exact) mass is 354 g/mol. The second-order valence-corrected chi connectivity index (χ2v) is 4.97. The molecule has 9 nitrogen and oxygen atoms in total. The van der Waals surface area contributed by atoms with Gasteiger partial charge in [0.1, 0.15) is 11.5 Å². The second kappa shape index (κ2) is 8.43. The van der Waals surface area contributed by atoms with Gasteiger partial charge in [-0.2, -0.15) is 4.39 Å².